The highest BCUT2D eigenvalue weighted by Gasteiger charge is 2.29. The molecule has 0 aliphatic carbocycles. The van der Waals surface area contributed by atoms with Gasteiger partial charge in [0.15, 0.2) is 6.10 Å². The lowest BCUT2D eigenvalue weighted by molar-refractivity contribution is -0.147. The summed E-state index contributed by atoms with van der Waals surface area (Å²) in [5.74, 6) is -0.799. The van der Waals surface area contributed by atoms with E-state index in [1.807, 2.05) is 24.3 Å². The molecule has 0 spiro atoms. The summed E-state index contributed by atoms with van der Waals surface area (Å²) in [6.45, 7) is 3.46. The molecule has 2 amide bonds. The van der Waals surface area contributed by atoms with Crippen LogP contribution in [0.5, 0.6) is 5.75 Å². The second kappa shape index (κ2) is 8.34. The quantitative estimate of drug-likeness (QED) is 0.668. The van der Waals surface area contributed by atoms with Crippen molar-refractivity contribution in [1.29, 1.82) is 0 Å². The minimum absolute atomic E-state index is 0.239. The van der Waals surface area contributed by atoms with Crippen molar-refractivity contribution in [3.05, 3.63) is 59.7 Å². The minimum Gasteiger partial charge on any atom is -0.481 e. The fraction of sp³-hybridized carbons (Fsp3) is 0.318. The Morgan fingerprint density at radius 1 is 1.14 bits per heavy atom. The van der Waals surface area contributed by atoms with Gasteiger partial charge in [0.1, 0.15) is 5.75 Å². The van der Waals surface area contributed by atoms with Gasteiger partial charge in [-0.1, -0.05) is 24.3 Å². The molecule has 1 aliphatic heterocycles. The lowest BCUT2D eigenvalue weighted by Crippen LogP contribution is -2.32. The number of ether oxygens (including phenoxy) is 1. The van der Waals surface area contributed by atoms with Crippen molar-refractivity contribution in [3.8, 4) is 5.75 Å². The van der Waals surface area contributed by atoms with Gasteiger partial charge < -0.3 is 20.5 Å². The van der Waals surface area contributed by atoms with Crippen molar-refractivity contribution in [3.63, 3.8) is 0 Å². The smallest absolute Gasteiger partial charge is 0.309 e. The van der Waals surface area contributed by atoms with Gasteiger partial charge in [0.2, 0.25) is 0 Å². The van der Waals surface area contributed by atoms with E-state index in [1.54, 1.807) is 38.1 Å². The maximum atomic E-state index is 12.5. The first-order valence-corrected chi connectivity index (χ1v) is 9.43. The summed E-state index contributed by atoms with van der Waals surface area (Å²) >= 11 is 0. The molecule has 3 N–H and O–H groups in total. The Bertz CT molecular complexity index is 913. The molecule has 152 valence electrons. The number of nitrogens with one attached hydrogen (secondary N) is 2. The monoisotopic (exact) mass is 396 g/mol. The van der Waals surface area contributed by atoms with Crippen molar-refractivity contribution in [1.82, 2.24) is 5.32 Å². The molecule has 7 heteroatoms. The highest BCUT2D eigenvalue weighted by atomic mass is 16.5. The predicted molar refractivity (Wildman–Crippen MR) is 108 cm³/mol. The first kappa shape index (κ1) is 20.4. The van der Waals surface area contributed by atoms with Crippen LogP contribution in [0.4, 0.5) is 5.69 Å². The molecule has 7 nitrogen and oxygen atoms in total. The predicted octanol–water partition coefficient (Wildman–Crippen LogP) is 2.86. The van der Waals surface area contributed by atoms with Crippen LogP contribution >= 0.6 is 0 Å². The van der Waals surface area contributed by atoms with E-state index >= 15 is 0 Å². The maximum Gasteiger partial charge on any atom is 0.309 e. The fourth-order valence-corrected chi connectivity index (χ4v) is 2.99. The molecule has 0 saturated carbocycles. The molecular weight excluding hydrogens is 372 g/mol. The van der Waals surface area contributed by atoms with Gasteiger partial charge >= 0.3 is 5.97 Å². The molecule has 1 aliphatic rings. The van der Waals surface area contributed by atoms with Gasteiger partial charge in [0.25, 0.3) is 11.8 Å². The van der Waals surface area contributed by atoms with Crippen molar-refractivity contribution >= 4 is 23.5 Å². The van der Waals surface area contributed by atoms with Crippen LogP contribution < -0.4 is 15.4 Å². The van der Waals surface area contributed by atoms with Gasteiger partial charge in [0, 0.05) is 24.2 Å². The van der Waals surface area contributed by atoms with Gasteiger partial charge in [-0.15, -0.1) is 0 Å². The first-order valence-electron chi connectivity index (χ1n) is 9.43. The molecule has 3 rings (SSSR count). The largest absolute Gasteiger partial charge is 0.481 e. The van der Waals surface area contributed by atoms with Crippen LogP contribution in [-0.4, -0.2) is 35.5 Å². The number of anilines is 1. The standard InChI is InChI=1S/C22H24N2O5/c1-22(2,21(27)28)10-11-23-19(25)15-7-5-8-16(12-15)24-20(26)18-13-14-6-3-4-9-17(14)29-18/h3-9,12,18H,10-11,13H2,1-2H3,(H,23,25)(H,24,26)(H,27,28). The van der Waals surface area contributed by atoms with Crippen LogP contribution in [0, 0.1) is 5.41 Å². The van der Waals surface area contributed by atoms with Gasteiger partial charge in [-0.05, 0) is 50.1 Å². The lowest BCUT2D eigenvalue weighted by Gasteiger charge is -2.19. The summed E-state index contributed by atoms with van der Waals surface area (Å²) < 4.78 is 5.68. The summed E-state index contributed by atoms with van der Waals surface area (Å²) in [6.07, 6.45) is 0.203. The van der Waals surface area contributed by atoms with Crippen molar-refractivity contribution < 1.29 is 24.2 Å². The Labute approximate surface area is 169 Å². The third kappa shape index (κ3) is 4.93. The Kier molecular flexibility index (Phi) is 5.87. The first-order chi connectivity index (χ1) is 13.8. The molecule has 0 radical (unpaired) electrons. The average Bonchev–Trinajstić information content (AvgIpc) is 3.12. The molecular formula is C22H24N2O5. The number of carbonyl (C=O) groups is 3. The molecule has 29 heavy (non-hydrogen) atoms. The van der Waals surface area contributed by atoms with E-state index in [1.165, 1.54) is 0 Å². The van der Waals surface area contributed by atoms with Crippen molar-refractivity contribution in [2.24, 2.45) is 5.41 Å². The second-order valence-corrected chi connectivity index (χ2v) is 7.68. The lowest BCUT2D eigenvalue weighted by atomic mass is 9.90. The number of hydrogen-bond donors (Lipinski definition) is 3. The molecule has 1 unspecified atom stereocenters. The number of rotatable bonds is 7. The second-order valence-electron chi connectivity index (χ2n) is 7.68. The normalized spacial score (nSPS) is 15.2. The molecule has 2 aromatic rings. The Morgan fingerprint density at radius 2 is 1.90 bits per heavy atom. The maximum absolute atomic E-state index is 12.5. The Balaban J connectivity index is 1.56. The third-order valence-electron chi connectivity index (χ3n) is 4.95. The fourth-order valence-electron chi connectivity index (χ4n) is 2.99. The molecule has 1 atom stereocenters. The Morgan fingerprint density at radius 3 is 2.62 bits per heavy atom. The zero-order chi connectivity index (χ0) is 21.0. The van der Waals surface area contributed by atoms with Crippen molar-refractivity contribution in [2.45, 2.75) is 32.8 Å². The van der Waals surface area contributed by atoms with E-state index in [0.29, 0.717) is 29.8 Å². The van der Waals surface area contributed by atoms with Crippen LogP contribution in [-0.2, 0) is 16.0 Å². The molecule has 0 bridgehead atoms. The van der Waals surface area contributed by atoms with E-state index in [-0.39, 0.29) is 18.4 Å². The van der Waals surface area contributed by atoms with E-state index in [9.17, 15) is 14.4 Å². The van der Waals surface area contributed by atoms with Gasteiger partial charge in [-0.2, -0.15) is 0 Å². The number of para-hydroxylation sites is 1. The third-order valence-corrected chi connectivity index (χ3v) is 4.95. The average molecular weight is 396 g/mol. The summed E-state index contributed by atoms with van der Waals surface area (Å²) in [7, 11) is 0. The van der Waals surface area contributed by atoms with Gasteiger partial charge in [0.05, 0.1) is 5.41 Å². The number of carboxylic acids is 1. The number of carboxylic acid groups (broad SMARTS) is 1. The van der Waals surface area contributed by atoms with Crippen LogP contribution in [0.3, 0.4) is 0 Å². The van der Waals surface area contributed by atoms with E-state index in [0.717, 1.165) is 5.56 Å². The van der Waals surface area contributed by atoms with Gasteiger partial charge in [-0.3, -0.25) is 14.4 Å². The minimum atomic E-state index is -0.915. The molecule has 0 aromatic heterocycles. The Hall–Kier alpha value is -3.35. The van der Waals surface area contributed by atoms with Crippen LogP contribution in [0.1, 0.15) is 36.2 Å². The number of aliphatic carboxylic acids is 1. The zero-order valence-corrected chi connectivity index (χ0v) is 16.4. The van der Waals surface area contributed by atoms with Crippen LogP contribution in [0.2, 0.25) is 0 Å². The number of benzene rings is 2. The number of carbonyl (C=O) groups excluding carboxylic acids is 2. The summed E-state index contributed by atoms with van der Waals surface area (Å²) in [4.78, 5) is 36.0. The van der Waals surface area contributed by atoms with E-state index in [2.05, 4.69) is 10.6 Å². The number of hydrogen-bond acceptors (Lipinski definition) is 4. The summed E-state index contributed by atoms with van der Waals surface area (Å²) in [6, 6.07) is 14.1. The van der Waals surface area contributed by atoms with E-state index in [4.69, 9.17) is 9.84 Å². The van der Waals surface area contributed by atoms with E-state index < -0.39 is 17.5 Å². The number of fused-ring (bicyclic) bond motifs is 1. The molecule has 2 aromatic carbocycles. The molecule has 0 fully saturated rings. The topological polar surface area (TPSA) is 105 Å². The zero-order valence-electron chi connectivity index (χ0n) is 16.4. The molecule has 1 heterocycles. The van der Waals surface area contributed by atoms with Crippen LogP contribution in [0.25, 0.3) is 0 Å². The SMILES string of the molecule is CC(C)(CCNC(=O)c1cccc(NC(=O)C2Cc3ccccc3O2)c1)C(=O)O. The highest BCUT2D eigenvalue weighted by molar-refractivity contribution is 5.98. The number of amides is 2. The van der Waals surface area contributed by atoms with Crippen LogP contribution in [0.15, 0.2) is 48.5 Å². The summed E-state index contributed by atoms with van der Waals surface area (Å²) in [5, 5.41) is 14.6. The molecule has 0 saturated heterocycles. The van der Waals surface area contributed by atoms with Crippen molar-refractivity contribution in [2.75, 3.05) is 11.9 Å². The van der Waals surface area contributed by atoms with Gasteiger partial charge in [-0.25, -0.2) is 0 Å². The summed E-state index contributed by atoms with van der Waals surface area (Å²) in [5.41, 5.74) is 0.951. The highest BCUT2D eigenvalue weighted by Crippen LogP contribution is 2.28.